The van der Waals surface area contributed by atoms with Gasteiger partial charge >= 0.3 is 5.97 Å². The van der Waals surface area contributed by atoms with E-state index in [2.05, 4.69) is 31.4 Å². The average Bonchev–Trinajstić information content (AvgIpc) is 2.94. The van der Waals surface area contributed by atoms with Crippen molar-refractivity contribution in [2.24, 2.45) is 5.16 Å². The molecule has 1 aromatic heterocycles. The first kappa shape index (κ1) is 18.7. The van der Waals surface area contributed by atoms with Gasteiger partial charge in [0, 0.05) is 5.75 Å². The Kier molecular flexibility index (Phi) is 5.20. The molecule has 10 nitrogen and oxygen atoms in total. The van der Waals surface area contributed by atoms with Crippen LogP contribution in [0.5, 0.6) is 0 Å². The van der Waals surface area contributed by atoms with Gasteiger partial charge in [-0.25, -0.2) is 9.78 Å². The van der Waals surface area contributed by atoms with E-state index in [9.17, 15) is 14.4 Å². The van der Waals surface area contributed by atoms with Crippen molar-refractivity contribution in [3.05, 3.63) is 21.3 Å². The van der Waals surface area contributed by atoms with E-state index in [4.69, 9.17) is 15.7 Å². The molecule has 2 atom stereocenters. The molecule has 138 valence electrons. The number of rotatable bonds is 5. The normalized spacial score (nSPS) is 22.2. The highest BCUT2D eigenvalue weighted by atomic mass is 79.9. The number of hydrogen-bond donors (Lipinski definition) is 3. The van der Waals surface area contributed by atoms with Crippen LogP contribution in [0.15, 0.2) is 20.7 Å². The van der Waals surface area contributed by atoms with Crippen molar-refractivity contribution in [1.82, 2.24) is 15.2 Å². The van der Waals surface area contributed by atoms with E-state index in [-0.39, 0.29) is 22.2 Å². The summed E-state index contributed by atoms with van der Waals surface area (Å²) in [6.45, 7) is 0. The van der Waals surface area contributed by atoms with Crippen molar-refractivity contribution in [3.63, 3.8) is 0 Å². The van der Waals surface area contributed by atoms with Gasteiger partial charge in [-0.1, -0.05) is 16.5 Å². The SMILES string of the molecule is CON=C(C(=O)NC1C(=O)N2C(C(=O)O)=CCS[C@@H]12)c1nc(N)sc1Br. The third-order valence-electron chi connectivity index (χ3n) is 3.58. The highest BCUT2D eigenvalue weighted by Gasteiger charge is 2.53. The predicted octanol–water partition coefficient (Wildman–Crippen LogP) is 0.207. The Balaban J connectivity index is 1.79. The van der Waals surface area contributed by atoms with E-state index >= 15 is 0 Å². The van der Waals surface area contributed by atoms with Crippen molar-refractivity contribution in [2.45, 2.75) is 11.4 Å². The lowest BCUT2D eigenvalue weighted by atomic mass is 10.0. The molecule has 1 saturated heterocycles. The van der Waals surface area contributed by atoms with E-state index in [0.717, 1.165) is 16.2 Å². The van der Waals surface area contributed by atoms with Gasteiger partial charge in [-0.2, -0.15) is 0 Å². The van der Waals surface area contributed by atoms with Crippen LogP contribution in [0.2, 0.25) is 0 Å². The van der Waals surface area contributed by atoms with Gasteiger partial charge in [0.05, 0.1) is 0 Å². The fourth-order valence-corrected chi connectivity index (χ4v) is 5.02. The summed E-state index contributed by atoms with van der Waals surface area (Å²) in [5.41, 5.74) is 5.60. The molecule has 4 N–H and O–H groups in total. The third kappa shape index (κ3) is 3.17. The summed E-state index contributed by atoms with van der Waals surface area (Å²) in [5.74, 6) is -1.94. The number of halogens is 1. The van der Waals surface area contributed by atoms with Crippen molar-refractivity contribution < 1.29 is 24.3 Å². The van der Waals surface area contributed by atoms with Gasteiger partial charge < -0.3 is 21.0 Å². The Bertz CT molecular complexity index is 854. The summed E-state index contributed by atoms with van der Waals surface area (Å²) in [4.78, 5) is 46.0. The topological polar surface area (TPSA) is 147 Å². The van der Waals surface area contributed by atoms with E-state index in [1.807, 2.05) is 0 Å². The number of aromatic nitrogens is 1. The summed E-state index contributed by atoms with van der Waals surface area (Å²) < 4.78 is 0.491. The Morgan fingerprint density at radius 3 is 2.88 bits per heavy atom. The monoisotopic (exact) mass is 461 g/mol. The van der Waals surface area contributed by atoms with Crippen LogP contribution in [0.1, 0.15) is 5.69 Å². The quantitative estimate of drug-likeness (QED) is 0.320. The van der Waals surface area contributed by atoms with Crippen molar-refractivity contribution in [2.75, 3.05) is 18.6 Å². The molecule has 0 bridgehead atoms. The number of oxime groups is 1. The lowest BCUT2D eigenvalue weighted by molar-refractivity contribution is -0.150. The van der Waals surface area contributed by atoms with Gasteiger partial charge in [0.25, 0.3) is 11.8 Å². The minimum atomic E-state index is -1.18. The number of nitrogens with zero attached hydrogens (tertiary/aromatic N) is 3. The van der Waals surface area contributed by atoms with E-state index < -0.39 is 29.2 Å². The summed E-state index contributed by atoms with van der Waals surface area (Å²) in [5, 5.41) is 15.2. The molecule has 2 aliphatic rings. The van der Waals surface area contributed by atoms with Crippen LogP contribution in [0, 0.1) is 0 Å². The number of thioether (sulfide) groups is 1. The van der Waals surface area contributed by atoms with Crippen LogP contribution in [-0.4, -0.2) is 62.8 Å². The Labute approximate surface area is 163 Å². The summed E-state index contributed by atoms with van der Waals surface area (Å²) in [6.07, 6.45) is 1.46. The Morgan fingerprint density at radius 2 is 2.31 bits per heavy atom. The van der Waals surface area contributed by atoms with Crippen LogP contribution in [0.3, 0.4) is 0 Å². The molecule has 0 saturated carbocycles. The van der Waals surface area contributed by atoms with Gasteiger partial charge in [0.1, 0.15) is 33.7 Å². The summed E-state index contributed by atoms with van der Waals surface area (Å²) in [7, 11) is 1.27. The number of β-lactam (4-membered cyclic amide) rings is 1. The standard InChI is InChI=1S/C13H12BrN5O5S2/c1-24-18-6(5-8(14)26-13(15)17-5)9(20)16-7-10(21)19-4(12(22)23)2-3-25-11(7)19/h2,7,11H,3H2,1H3,(H2,15,17)(H,16,20)(H,22,23)/t7?,11-/m0/s1. The molecular weight excluding hydrogens is 450 g/mol. The lowest BCUT2D eigenvalue weighted by Gasteiger charge is -2.48. The fraction of sp³-hybridized carbons (Fsp3) is 0.308. The van der Waals surface area contributed by atoms with Crippen LogP contribution in [0.25, 0.3) is 0 Å². The van der Waals surface area contributed by atoms with Crippen LogP contribution >= 0.6 is 39.0 Å². The molecule has 0 aromatic carbocycles. The van der Waals surface area contributed by atoms with Gasteiger partial charge in [-0.3, -0.25) is 14.5 Å². The van der Waals surface area contributed by atoms with Gasteiger partial charge in [-0.05, 0) is 22.0 Å². The molecule has 0 aliphatic carbocycles. The molecule has 3 heterocycles. The first-order valence-electron chi connectivity index (χ1n) is 7.07. The molecule has 0 radical (unpaired) electrons. The number of carbonyl (C=O) groups excluding carboxylic acids is 2. The summed E-state index contributed by atoms with van der Waals surface area (Å²) in [6, 6.07) is -0.868. The number of aliphatic carboxylic acids is 1. The first-order valence-corrected chi connectivity index (χ1v) is 9.73. The molecule has 26 heavy (non-hydrogen) atoms. The molecule has 3 rings (SSSR count). The number of nitrogens with two attached hydrogens (primary N) is 1. The van der Waals surface area contributed by atoms with E-state index in [0.29, 0.717) is 9.54 Å². The maximum atomic E-state index is 12.6. The zero-order valence-corrected chi connectivity index (χ0v) is 16.4. The minimum absolute atomic E-state index is 0.0787. The molecule has 1 aromatic rings. The van der Waals surface area contributed by atoms with E-state index in [1.165, 1.54) is 24.9 Å². The largest absolute Gasteiger partial charge is 0.477 e. The predicted molar refractivity (Wildman–Crippen MR) is 98.5 cm³/mol. The number of carboxylic acids is 1. The Morgan fingerprint density at radius 1 is 1.58 bits per heavy atom. The van der Waals surface area contributed by atoms with Crippen molar-refractivity contribution in [1.29, 1.82) is 0 Å². The van der Waals surface area contributed by atoms with Crippen LogP contribution < -0.4 is 11.1 Å². The van der Waals surface area contributed by atoms with Crippen molar-refractivity contribution in [3.8, 4) is 0 Å². The average molecular weight is 462 g/mol. The highest BCUT2D eigenvalue weighted by molar-refractivity contribution is 9.11. The second-order valence-corrected chi connectivity index (χ2v) is 8.57. The van der Waals surface area contributed by atoms with E-state index in [1.54, 1.807) is 0 Å². The number of anilines is 1. The number of carboxylic acid groups (broad SMARTS) is 1. The maximum absolute atomic E-state index is 12.6. The number of carbonyl (C=O) groups is 3. The molecular formula is C13H12BrN5O5S2. The second kappa shape index (κ2) is 7.25. The highest BCUT2D eigenvalue weighted by Crippen LogP contribution is 2.37. The van der Waals surface area contributed by atoms with Crippen LogP contribution in [0.4, 0.5) is 5.13 Å². The lowest BCUT2D eigenvalue weighted by Crippen LogP contribution is -2.70. The fourth-order valence-electron chi connectivity index (χ4n) is 2.49. The summed E-state index contributed by atoms with van der Waals surface area (Å²) >= 11 is 5.72. The second-order valence-electron chi connectivity index (χ2n) is 5.07. The molecule has 2 amide bonds. The van der Waals surface area contributed by atoms with Gasteiger partial charge in [0.2, 0.25) is 0 Å². The maximum Gasteiger partial charge on any atom is 0.352 e. The third-order valence-corrected chi connectivity index (χ3v) is 6.29. The number of thiazole rings is 1. The molecule has 1 unspecified atom stereocenters. The van der Waals surface area contributed by atoms with Crippen LogP contribution in [-0.2, 0) is 19.2 Å². The number of amides is 2. The number of nitrogens with one attached hydrogen (secondary N) is 1. The van der Waals surface area contributed by atoms with Gasteiger partial charge in [-0.15, -0.1) is 11.8 Å². The first-order chi connectivity index (χ1) is 12.3. The molecule has 2 aliphatic heterocycles. The van der Waals surface area contributed by atoms with Crippen molar-refractivity contribution >= 4 is 67.7 Å². The molecule has 1 fully saturated rings. The zero-order valence-electron chi connectivity index (χ0n) is 13.1. The smallest absolute Gasteiger partial charge is 0.352 e. The number of nitrogen functional groups attached to an aromatic ring is 1. The minimum Gasteiger partial charge on any atom is -0.477 e. The molecule has 0 spiro atoms. The Hall–Kier alpha value is -2.12. The zero-order chi connectivity index (χ0) is 19.0. The number of hydrogen-bond acceptors (Lipinski definition) is 9. The van der Waals surface area contributed by atoms with Gasteiger partial charge in [0.15, 0.2) is 10.8 Å². The number of fused-ring (bicyclic) bond motifs is 1. The molecule has 13 heteroatoms.